The van der Waals surface area contributed by atoms with Crippen LogP contribution in [0.3, 0.4) is 0 Å². The molecule has 20 heavy (non-hydrogen) atoms. The molecule has 1 aromatic rings. The van der Waals surface area contributed by atoms with Crippen LogP contribution in [0.2, 0.25) is 10.0 Å². The van der Waals surface area contributed by atoms with E-state index in [-0.39, 0.29) is 22.2 Å². The Morgan fingerprint density at radius 3 is 2.15 bits per heavy atom. The van der Waals surface area contributed by atoms with Gasteiger partial charge in [-0.1, -0.05) is 23.2 Å². The van der Waals surface area contributed by atoms with Gasteiger partial charge in [-0.2, -0.15) is 33.9 Å². The molecule has 0 saturated heterocycles. The molecule has 0 aliphatic carbocycles. The lowest BCUT2D eigenvalue weighted by Crippen LogP contribution is -2.04. The van der Waals surface area contributed by atoms with Gasteiger partial charge in [0, 0.05) is 0 Å². The first-order valence-electron chi connectivity index (χ1n) is 5.03. The summed E-state index contributed by atoms with van der Waals surface area (Å²) in [7, 11) is 0. The smallest absolute Gasteiger partial charge is 0.198 e. The molecule has 0 heterocycles. The van der Waals surface area contributed by atoms with Crippen molar-refractivity contribution in [3.63, 3.8) is 0 Å². The zero-order valence-electron chi connectivity index (χ0n) is 9.62. The molecule has 1 aromatic carbocycles. The van der Waals surface area contributed by atoms with E-state index in [0.717, 1.165) is 0 Å². The molecule has 0 aliphatic heterocycles. The standard InChI is InChI=1S/C11H5Cl2F3N4/c12-8-3-6(11(14,15)16)4-9(13)10(8)20-19-7(5-18)1-2-17/h3-4,7H,1H2. The number of hydrogen-bond acceptors (Lipinski definition) is 4. The Morgan fingerprint density at radius 2 is 1.75 bits per heavy atom. The average Bonchev–Trinajstić information content (AvgIpc) is 2.35. The maximum atomic E-state index is 12.5. The van der Waals surface area contributed by atoms with Crippen molar-refractivity contribution in [3.05, 3.63) is 27.7 Å². The minimum absolute atomic E-state index is 0.181. The van der Waals surface area contributed by atoms with Crippen LogP contribution in [0, 0.1) is 22.7 Å². The molecule has 0 aliphatic rings. The van der Waals surface area contributed by atoms with Crippen molar-refractivity contribution < 1.29 is 13.2 Å². The van der Waals surface area contributed by atoms with E-state index in [4.69, 9.17) is 33.7 Å². The van der Waals surface area contributed by atoms with Gasteiger partial charge in [-0.3, -0.25) is 0 Å². The highest BCUT2D eigenvalue weighted by Gasteiger charge is 2.32. The first-order valence-corrected chi connectivity index (χ1v) is 5.79. The number of halogens is 5. The number of benzene rings is 1. The number of nitrogens with zero attached hydrogens (tertiary/aromatic N) is 4. The first-order chi connectivity index (χ1) is 9.29. The van der Waals surface area contributed by atoms with Crippen LogP contribution >= 0.6 is 23.2 Å². The van der Waals surface area contributed by atoms with Gasteiger partial charge in [-0.25, -0.2) is 0 Å². The fourth-order valence-corrected chi connectivity index (χ4v) is 1.71. The number of alkyl halides is 3. The zero-order chi connectivity index (χ0) is 15.3. The van der Waals surface area contributed by atoms with E-state index in [9.17, 15) is 13.2 Å². The predicted octanol–water partition coefficient (Wildman–Crippen LogP) is 4.90. The van der Waals surface area contributed by atoms with Gasteiger partial charge >= 0.3 is 6.18 Å². The summed E-state index contributed by atoms with van der Waals surface area (Å²) in [6.45, 7) is 0. The van der Waals surface area contributed by atoms with Gasteiger partial charge in [0.2, 0.25) is 0 Å². The molecule has 1 atom stereocenters. The molecule has 0 fully saturated rings. The van der Waals surface area contributed by atoms with Crippen molar-refractivity contribution in [1.29, 1.82) is 10.5 Å². The Morgan fingerprint density at radius 1 is 1.20 bits per heavy atom. The van der Waals surface area contributed by atoms with E-state index < -0.39 is 17.8 Å². The van der Waals surface area contributed by atoms with Crippen LogP contribution < -0.4 is 0 Å². The number of azo groups is 1. The van der Waals surface area contributed by atoms with E-state index in [1.807, 2.05) is 0 Å². The molecule has 104 valence electrons. The highest BCUT2D eigenvalue weighted by Crippen LogP contribution is 2.40. The quantitative estimate of drug-likeness (QED) is 0.743. The molecule has 4 nitrogen and oxygen atoms in total. The molecular formula is C11H5Cl2F3N4. The van der Waals surface area contributed by atoms with Crippen molar-refractivity contribution in [1.82, 2.24) is 0 Å². The minimum atomic E-state index is -4.58. The first kappa shape index (κ1) is 16.2. The lowest BCUT2D eigenvalue weighted by atomic mass is 10.2. The summed E-state index contributed by atoms with van der Waals surface area (Å²) in [4.78, 5) is 0. The van der Waals surface area contributed by atoms with Gasteiger partial charge in [0.25, 0.3) is 0 Å². The fourth-order valence-electron chi connectivity index (χ4n) is 1.15. The second kappa shape index (κ2) is 6.56. The molecule has 1 rings (SSSR count). The van der Waals surface area contributed by atoms with Crippen LogP contribution in [0.4, 0.5) is 18.9 Å². The second-order valence-corrected chi connectivity index (χ2v) is 4.32. The maximum absolute atomic E-state index is 12.5. The van der Waals surface area contributed by atoms with Gasteiger partial charge in [0.05, 0.1) is 34.2 Å². The predicted molar refractivity (Wildman–Crippen MR) is 65.6 cm³/mol. The number of hydrogen-bond donors (Lipinski definition) is 0. The van der Waals surface area contributed by atoms with Gasteiger partial charge in [-0.05, 0) is 12.1 Å². The minimum Gasteiger partial charge on any atom is -0.198 e. The van der Waals surface area contributed by atoms with E-state index in [1.54, 1.807) is 12.1 Å². The highest BCUT2D eigenvalue weighted by molar-refractivity contribution is 6.38. The zero-order valence-corrected chi connectivity index (χ0v) is 11.1. The molecule has 0 amide bonds. The summed E-state index contributed by atoms with van der Waals surface area (Å²) in [6, 6.07) is 3.71. The Bertz CT molecular complexity index is 591. The molecule has 0 radical (unpaired) electrons. The Hall–Kier alpha value is -1.83. The lowest BCUT2D eigenvalue weighted by molar-refractivity contribution is -0.137. The third-order valence-electron chi connectivity index (χ3n) is 2.07. The maximum Gasteiger partial charge on any atom is 0.416 e. The van der Waals surface area contributed by atoms with E-state index in [0.29, 0.717) is 12.1 Å². The average molecular weight is 321 g/mol. The molecular weight excluding hydrogens is 316 g/mol. The van der Waals surface area contributed by atoms with E-state index in [2.05, 4.69) is 10.2 Å². The van der Waals surface area contributed by atoms with E-state index >= 15 is 0 Å². The number of nitriles is 2. The van der Waals surface area contributed by atoms with Gasteiger partial charge in [0.1, 0.15) is 5.69 Å². The Kier molecular flexibility index (Phi) is 5.32. The molecule has 0 saturated carbocycles. The van der Waals surface area contributed by atoms with Crippen molar-refractivity contribution in [2.75, 3.05) is 0 Å². The SMILES string of the molecule is N#CCC(C#N)N=Nc1c(Cl)cc(C(F)(F)F)cc1Cl. The molecule has 1 unspecified atom stereocenters. The molecule has 0 aromatic heterocycles. The van der Waals surface area contributed by atoms with Crippen molar-refractivity contribution in [2.45, 2.75) is 18.6 Å². The Balaban J connectivity index is 3.13. The van der Waals surface area contributed by atoms with Crippen LogP contribution in [0.1, 0.15) is 12.0 Å². The molecule has 0 bridgehead atoms. The third kappa shape index (κ3) is 4.09. The molecule has 0 N–H and O–H groups in total. The van der Waals surface area contributed by atoms with Crippen LogP contribution in [0.15, 0.2) is 22.4 Å². The largest absolute Gasteiger partial charge is 0.416 e. The Labute approximate surface area is 122 Å². The van der Waals surface area contributed by atoms with Crippen LogP contribution in [-0.4, -0.2) is 6.04 Å². The number of rotatable bonds is 3. The van der Waals surface area contributed by atoms with Gasteiger partial charge < -0.3 is 0 Å². The lowest BCUT2D eigenvalue weighted by Gasteiger charge is -2.09. The summed E-state index contributed by atoms with van der Waals surface area (Å²) >= 11 is 11.3. The summed E-state index contributed by atoms with van der Waals surface area (Å²) in [5, 5.41) is 23.4. The summed E-state index contributed by atoms with van der Waals surface area (Å²) in [6.07, 6.45) is -4.78. The highest BCUT2D eigenvalue weighted by atomic mass is 35.5. The van der Waals surface area contributed by atoms with Crippen LogP contribution in [0.25, 0.3) is 0 Å². The summed E-state index contributed by atoms with van der Waals surface area (Å²) in [5.41, 5.74) is -1.19. The van der Waals surface area contributed by atoms with Crippen molar-refractivity contribution in [3.8, 4) is 12.1 Å². The van der Waals surface area contributed by atoms with Crippen molar-refractivity contribution in [2.24, 2.45) is 10.2 Å². The third-order valence-corrected chi connectivity index (χ3v) is 2.65. The van der Waals surface area contributed by atoms with Crippen LogP contribution in [-0.2, 0) is 6.18 Å². The summed E-state index contributed by atoms with van der Waals surface area (Å²) in [5.74, 6) is 0. The topological polar surface area (TPSA) is 72.3 Å². The van der Waals surface area contributed by atoms with E-state index in [1.165, 1.54) is 0 Å². The van der Waals surface area contributed by atoms with Gasteiger partial charge in [-0.15, -0.1) is 0 Å². The van der Waals surface area contributed by atoms with Gasteiger partial charge in [0.15, 0.2) is 6.04 Å². The normalized spacial score (nSPS) is 12.9. The fraction of sp³-hybridized carbons (Fsp3) is 0.273. The van der Waals surface area contributed by atoms with Crippen LogP contribution in [0.5, 0.6) is 0 Å². The molecule has 0 spiro atoms. The van der Waals surface area contributed by atoms with Crippen molar-refractivity contribution >= 4 is 28.9 Å². The monoisotopic (exact) mass is 320 g/mol. The molecule has 9 heteroatoms. The second-order valence-electron chi connectivity index (χ2n) is 3.51. The summed E-state index contributed by atoms with van der Waals surface area (Å²) < 4.78 is 37.5.